The molecule has 0 aliphatic heterocycles. The maximum absolute atomic E-state index is 12.0. The standard InChI is InChI=1S/C15H20N4O2/c1-10(15-18-17-11(2)21-15)16-14(20)9-12-5-7-13(8-6-12)19(3)4/h5-8,10H,9H2,1-4H3,(H,16,20). The lowest BCUT2D eigenvalue weighted by molar-refractivity contribution is -0.121. The third-order valence-electron chi connectivity index (χ3n) is 3.11. The molecular weight excluding hydrogens is 268 g/mol. The van der Waals surface area contributed by atoms with E-state index in [-0.39, 0.29) is 11.9 Å². The fraction of sp³-hybridized carbons (Fsp3) is 0.400. The predicted molar refractivity (Wildman–Crippen MR) is 80.1 cm³/mol. The van der Waals surface area contributed by atoms with Crippen molar-refractivity contribution in [3.05, 3.63) is 41.6 Å². The van der Waals surface area contributed by atoms with Crippen LogP contribution in [0.2, 0.25) is 0 Å². The molecule has 1 atom stereocenters. The third-order valence-corrected chi connectivity index (χ3v) is 3.11. The van der Waals surface area contributed by atoms with E-state index in [0.29, 0.717) is 18.2 Å². The molecule has 2 rings (SSSR count). The van der Waals surface area contributed by atoms with Crippen LogP contribution < -0.4 is 10.2 Å². The zero-order chi connectivity index (χ0) is 15.4. The van der Waals surface area contributed by atoms with E-state index in [2.05, 4.69) is 15.5 Å². The van der Waals surface area contributed by atoms with Crippen LogP contribution in [0, 0.1) is 6.92 Å². The molecule has 0 aliphatic carbocycles. The molecule has 6 nitrogen and oxygen atoms in total. The monoisotopic (exact) mass is 288 g/mol. The number of carbonyl (C=O) groups is 1. The molecule has 1 amide bonds. The highest BCUT2D eigenvalue weighted by atomic mass is 16.4. The summed E-state index contributed by atoms with van der Waals surface area (Å²) in [7, 11) is 3.96. The van der Waals surface area contributed by atoms with Crippen molar-refractivity contribution >= 4 is 11.6 Å². The van der Waals surface area contributed by atoms with E-state index >= 15 is 0 Å². The maximum Gasteiger partial charge on any atom is 0.238 e. The van der Waals surface area contributed by atoms with Gasteiger partial charge in [0.2, 0.25) is 17.7 Å². The van der Waals surface area contributed by atoms with Gasteiger partial charge in [0.25, 0.3) is 0 Å². The molecule has 0 fully saturated rings. The number of anilines is 1. The number of carbonyl (C=O) groups excluding carboxylic acids is 1. The Bertz CT molecular complexity index is 604. The minimum atomic E-state index is -0.292. The Morgan fingerprint density at radius 1 is 1.29 bits per heavy atom. The SMILES string of the molecule is Cc1nnc(C(C)NC(=O)Cc2ccc(N(C)C)cc2)o1. The highest BCUT2D eigenvalue weighted by Crippen LogP contribution is 2.14. The molecule has 0 saturated heterocycles. The van der Waals surface area contributed by atoms with Gasteiger partial charge in [-0.05, 0) is 24.6 Å². The maximum atomic E-state index is 12.0. The highest BCUT2D eigenvalue weighted by molar-refractivity contribution is 5.79. The van der Waals surface area contributed by atoms with Crippen molar-refractivity contribution in [2.45, 2.75) is 26.3 Å². The minimum Gasteiger partial charge on any atom is -0.423 e. The second kappa shape index (κ2) is 6.39. The summed E-state index contributed by atoms with van der Waals surface area (Å²) in [6.45, 7) is 3.54. The summed E-state index contributed by atoms with van der Waals surface area (Å²) in [6.07, 6.45) is 0.325. The van der Waals surface area contributed by atoms with Crippen LogP contribution >= 0.6 is 0 Å². The summed E-state index contributed by atoms with van der Waals surface area (Å²) in [5, 5.41) is 10.5. The second-order valence-electron chi connectivity index (χ2n) is 5.19. The summed E-state index contributed by atoms with van der Waals surface area (Å²) in [5.41, 5.74) is 2.07. The Hall–Kier alpha value is -2.37. The zero-order valence-corrected chi connectivity index (χ0v) is 12.8. The van der Waals surface area contributed by atoms with Gasteiger partial charge < -0.3 is 14.6 Å². The Kier molecular flexibility index (Phi) is 4.57. The number of nitrogens with one attached hydrogen (secondary N) is 1. The molecule has 1 aromatic heterocycles. The first kappa shape index (κ1) is 15.0. The van der Waals surface area contributed by atoms with Crippen LogP contribution in [0.4, 0.5) is 5.69 Å². The molecule has 0 saturated carbocycles. The molecule has 1 N–H and O–H groups in total. The van der Waals surface area contributed by atoms with Crippen molar-refractivity contribution in [3.8, 4) is 0 Å². The van der Waals surface area contributed by atoms with Crippen LogP contribution in [-0.2, 0) is 11.2 Å². The number of nitrogens with zero attached hydrogens (tertiary/aromatic N) is 3. The van der Waals surface area contributed by atoms with Crippen molar-refractivity contribution in [2.24, 2.45) is 0 Å². The lowest BCUT2D eigenvalue weighted by Crippen LogP contribution is -2.28. The van der Waals surface area contributed by atoms with Gasteiger partial charge in [-0.2, -0.15) is 0 Å². The van der Waals surface area contributed by atoms with E-state index in [1.807, 2.05) is 50.2 Å². The number of aromatic nitrogens is 2. The molecular formula is C15H20N4O2. The Labute approximate surface area is 124 Å². The van der Waals surface area contributed by atoms with Crippen molar-refractivity contribution in [3.63, 3.8) is 0 Å². The summed E-state index contributed by atoms with van der Waals surface area (Å²) in [5.74, 6) is 0.838. The highest BCUT2D eigenvalue weighted by Gasteiger charge is 2.15. The fourth-order valence-corrected chi connectivity index (χ4v) is 1.94. The topological polar surface area (TPSA) is 71.3 Å². The van der Waals surface area contributed by atoms with E-state index in [9.17, 15) is 4.79 Å². The number of aryl methyl sites for hydroxylation is 1. The van der Waals surface area contributed by atoms with Gasteiger partial charge in [0, 0.05) is 26.7 Å². The fourth-order valence-electron chi connectivity index (χ4n) is 1.94. The van der Waals surface area contributed by atoms with Crippen molar-refractivity contribution in [1.29, 1.82) is 0 Å². The lowest BCUT2D eigenvalue weighted by Gasteiger charge is -2.13. The van der Waals surface area contributed by atoms with Crippen molar-refractivity contribution < 1.29 is 9.21 Å². The Morgan fingerprint density at radius 2 is 1.95 bits per heavy atom. The first-order valence-electron chi connectivity index (χ1n) is 6.81. The van der Waals surface area contributed by atoms with Crippen LogP contribution in [-0.4, -0.2) is 30.2 Å². The molecule has 0 radical (unpaired) electrons. The molecule has 6 heteroatoms. The van der Waals surface area contributed by atoms with Crippen LogP contribution in [0.3, 0.4) is 0 Å². The Morgan fingerprint density at radius 3 is 2.48 bits per heavy atom. The molecule has 21 heavy (non-hydrogen) atoms. The number of rotatable bonds is 5. The number of benzene rings is 1. The quantitative estimate of drug-likeness (QED) is 0.909. The molecule has 0 aliphatic rings. The van der Waals surface area contributed by atoms with Gasteiger partial charge in [0.15, 0.2) is 0 Å². The Balaban J connectivity index is 1.92. The van der Waals surface area contributed by atoms with E-state index < -0.39 is 0 Å². The summed E-state index contributed by atoms with van der Waals surface area (Å²) in [6, 6.07) is 7.60. The van der Waals surface area contributed by atoms with Crippen LogP contribution in [0.25, 0.3) is 0 Å². The average Bonchev–Trinajstić information content (AvgIpc) is 2.86. The van der Waals surface area contributed by atoms with E-state index in [0.717, 1.165) is 11.3 Å². The molecule has 2 aromatic rings. The van der Waals surface area contributed by atoms with E-state index in [1.165, 1.54) is 0 Å². The van der Waals surface area contributed by atoms with Gasteiger partial charge in [0.1, 0.15) is 6.04 Å². The van der Waals surface area contributed by atoms with E-state index in [4.69, 9.17) is 4.42 Å². The molecule has 1 aromatic carbocycles. The molecule has 1 heterocycles. The van der Waals surface area contributed by atoms with Gasteiger partial charge >= 0.3 is 0 Å². The first-order valence-corrected chi connectivity index (χ1v) is 6.81. The number of hydrogen-bond acceptors (Lipinski definition) is 5. The van der Waals surface area contributed by atoms with Crippen molar-refractivity contribution in [1.82, 2.24) is 15.5 Å². The molecule has 112 valence electrons. The second-order valence-corrected chi connectivity index (χ2v) is 5.19. The third kappa shape index (κ3) is 4.05. The van der Waals surface area contributed by atoms with Gasteiger partial charge in [-0.1, -0.05) is 12.1 Å². The van der Waals surface area contributed by atoms with Gasteiger partial charge in [-0.15, -0.1) is 10.2 Å². The summed E-state index contributed by atoms with van der Waals surface area (Å²) >= 11 is 0. The minimum absolute atomic E-state index is 0.0732. The molecule has 1 unspecified atom stereocenters. The smallest absolute Gasteiger partial charge is 0.238 e. The zero-order valence-electron chi connectivity index (χ0n) is 12.8. The van der Waals surface area contributed by atoms with Crippen LogP contribution in [0.15, 0.2) is 28.7 Å². The normalized spacial score (nSPS) is 12.0. The average molecular weight is 288 g/mol. The largest absolute Gasteiger partial charge is 0.423 e. The summed E-state index contributed by atoms with van der Waals surface area (Å²) in [4.78, 5) is 14.0. The summed E-state index contributed by atoms with van der Waals surface area (Å²) < 4.78 is 5.30. The first-order chi connectivity index (χ1) is 9.95. The molecule has 0 spiro atoms. The van der Waals surface area contributed by atoms with E-state index in [1.54, 1.807) is 6.92 Å². The van der Waals surface area contributed by atoms with Crippen LogP contribution in [0.1, 0.15) is 30.3 Å². The van der Waals surface area contributed by atoms with Gasteiger partial charge in [0.05, 0.1) is 6.42 Å². The molecule has 0 bridgehead atoms. The predicted octanol–water partition coefficient (Wildman–Crippen LogP) is 1.86. The lowest BCUT2D eigenvalue weighted by atomic mass is 10.1. The number of amides is 1. The van der Waals surface area contributed by atoms with Crippen LogP contribution in [0.5, 0.6) is 0 Å². The number of hydrogen-bond donors (Lipinski definition) is 1. The van der Waals surface area contributed by atoms with Crippen molar-refractivity contribution in [2.75, 3.05) is 19.0 Å². The van der Waals surface area contributed by atoms with Gasteiger partial charge in [-0.25, -0.2) is 0 Å². The van der Waals surface area contributed by atoms with Gasteiger partial charge in [-0.3, -0.25) is 4.79 Å².